The zero-order chi connectivity index (χ0) is 29.9. The number of rotatable bonds is 0. The maximum absolute atomic E-state index is 11.8. The van der Waals surface area contributed by atoms with Gasteiger partial charge in [0, 0.05) is 92.8 Å². The fourth-order valence-electron chi connectivity index (χ4n) is 7.72. The number of nitrogens with zero attached hydrogens (tertiary/aromatic N) is 6. The first kappa shape index (κ1) is 34.9. The van der Waals surface area contributed by atoms with Gasteiger partial charge in [-0.15, -0.1) is 0 Å². The van der Waals surface area contributed by atoms with E-state index in [2.05, 4.69) is 113 Å². The molecule has 3 spiro atoms. The van der Waals surface area contributed by atoms with Gasteiger partial charge in [0.25, 0.3) is 0 Å². The zero-order valence-electron chi connectivity index (χ0n) is 28.5. The maximum atomic E-state index is 11.8. The van der Waals surface area contributed by atoms with Crippen LogP contribution in [0.15, 0.2) is 0 Å². The van der Waals surface area contributed by atoms with Gasteiger partial charge in [-0.05, 0) is 109 Å². The predicted molar refractivity (Wildman–Crippen MR) is 175 cm³/mol. The molecule has 0 N–H and O–H groups in total. The third kappa shape index (κ3) is 7.39. The van der Waals surface area contributed by atoms with Gasteiger partial charge in [-0.1, -0.05) is 7.43 Å². The highest BCUT2D eigenvalue weighted by molar-refractivity contribution is 5.92. The lowest BCUT2D eigenvalue weighted by atomic mass is 9.76. The smallest absolute Gasteiger partial charge is 0.156 e. The van der Waals surface area contributed by atoms with Gasteiger partial charge in [-0.3, -0.25) is 24.4 Å². The van der Waals surface area contributed by atoms with E-state index in [9.17, 15) is 4.79 Å². The van der Waals surface area contributed by atoms with Crippen molar-refractivity contribution in [2.45, 2.75) is 111 Å². The molecule has 0 atom stereocenters. The van der Waals surface area contributed by atoms with Crippen molar-refractivity contribution in [2.24, 2.45) is 10.8 Å². The van der Waals surface area contributed by atoms with Crippen LogP contribution in [0.2, 0.25) is 0 Å². The Kier molecular flexibility index (Phi) is 10.00. The van der Waals surface area contributed by atoms with E-state index in [1.165, 1.54) is 65.2 Å². The number of carbonyl (C=O) groups is 1. The molecule has 0 aromatic rings. The molecule has 0 aromatic heterocycles. The number of likely N-dealkylation sites (N-methyl/N-ethyl adjacent to an activating group) is 1. The van der Waals surface area contributed by atoms with Gasteiger partial charge < -0.3 is 9.80 Å². The summed E-state index contributed by atoms with van der Waals surface area (Å²) in [4.78, 5) is 26.6. The van der Waals surface area contributed by atoms with E-state index in [0.717, 1.165) is 26.1 Å². The molecule has 6 heterocycles. The van der Waals surface area contributed by atoms with Crippen LogP contribution in [0.4, 0.5) is 0 Å². The van der Waals surface area contributed by atoms with E-state index in [-0.39, 0.29) is 18.5 Å². The lowest BCUT2D eigenvalue weighted by Gasteiger charge is -2.55. The normalized spacial score (nSPS) is 28.4. The average molecular weight is 577 g/mol. The quantitative estimate of drug-likeness (QED) is 0.427. The fourth-order valence-corrected chi connectivity index (χ4v) is 7.72. The molecule has 7 nitrogen and oxygen atoms in total. The monoisotopic (exact) mass is 577 g/mol. The summed E-state index contributed by atoms with van der Waals surface area (Å²) in [7, 11) is 6.56. The number of likely N-dealkylation sites (tertiary alicyclic amines) is 6. The molecule has 0 amide bonds. The summed E-state index contributed by atoms with van der Waals surface area (Å²) in [5.74, 6) is 0.445. The maximum Gasteiger partial charge on any atom is 0.156 e. The first-order valence-corrected chi connectivity index (χ1v) is 16.1. The minimum absolute atomic E-state index is 0. The fraction of sp³-hybridized carbons (Fsp3) is 0.971. The van der Waals surface area contributed by atoms with Gasteiger partial charge in [-0.25, -0.2) is 0 Å². The summed E-state index contributed by atoms with van der Waals surface area (Å²) in [5, 5.41) is 0. The van der Waals surface area contributed by atoms with Crippen LogP contribution in [-0.4, -0.2) is 150 Å². The first-order chi connectivity index (χ1) is 18.2. The molecular weight excluding hydrogens is 508 g/mol. The molecule has 0 unspecified atom stereocenters. The lowest BCUT2D eigenvalue weighted by Crippen LogP contribution is -2.73. The highest BCUT2D eigenvalue weighted by Gasteiger charge is 2.56. The number of hydrogen-bond acceptors (Lipinski definition) is 7. The van der Waals surface area contributed by atoms with Crippen LogP contribution >= 0.6 is 0 Å². The third-order valence-corrected chi connectivity index (χ3v) is 11.0. The van der Waals surface area contributed by atoms with Gasteiger partial charge in [-0.2, -0.15) is 0 Å². The summed E-state index contributed by atoms with van der Waals surface area (Å²) in [5.41, 5.74) is 2.19. The molecule has 240 valence electrons. The summed E-state index contributed by atoms with van der Waals surface area (Å²) in [6, 6.07) is 0. The van der Waals surface area contributed by atoms with Crippen LogP contribution in [0.5, 0.6) is 0 Å². The number of hydrogen-bond donors (Lipinski definition) is 0. The minimum atomic E-state index is -0.118. The average Bonchev–Trinajstić information content (AvgIpc) is 3.39. The van der Waals surface area contributed by atoms with Gasteiger partial charge in [0.15, 0.2) is 5.78 Å². The molecule has 41 heavy (non-hydrogen) atoms. The lowest BCUT2D eigenvalue weighted by molar-refractivity contribution is -0.139. The Morgan fingerprint density at radius 3 is 1.12 bits per heavy atom. The zero-order valence-corrected chi connectivity index (χ0v) is 28.5. The third-order valence-electron chi connectivity index (χ3n) is 11.0. The Bertz CT molecular complexity index is 848. The SMILES string of the molecule is C.CN1CCC(=O)C12CN(C(C)(C)C)C2.CN1CCC2(C1)CN(C(C)(C)C)C2.CN1CCC2(C1)CN(C(C)(C)C)C2. The molecule has 0 aliphatic carbocycles. The van der Waals surface area contributed by atoms with Crippen LogP contribution in [-0.2, 0) is 4.79 Å². The molecule has 7 heteroatoms. The molecule has 6 saturated heterocycles. The second-order valence-electron chi connectivity index (χ2n) is 17.7. The second-order valence-corrected chi connectivity index (χ2v) is 17.7. The van der Waals surface area contributed by atoms with E-state index in [4.69, 9.17) is 0 Å². The highest BCUT2D eigenvalue weighted by atomic mass is 16.1. The van der Waals surface area contributed by atoms with E-state index >= 15 is 0 Å². The van der Waals surface area contributed by atoms with E-state index in [0.29, 0.717) is 27.7 Å². The van der Waals surface area contributed by atoms with Crippen molar-refractivity contribution < 1.29 is 4.79 Å². The summed E-state index contributed by atoms with van der Waals surface area (Å²) in [6.45, 7) is 33.8. The Morgan fingerprint density at radius 2 is 0.878 bits per heavy atom. The van der Waals surface area contributed by atoms with Crippen molar-refractivity contribution in [2.75, 3.05) is 93.1 Å². The van der Waals surface area contributed by atoms with Gasteiger partial charge in [0.05, 0.1) is 0 Å². The molecule has 0 saturated carbocycles. The Balaban J connectivity index is 0.000000167. The second kappa shape index (κ2) is 11.7. The summed E-state index contributed by atoms with van der Waals surface area (Å²) in [6.07, 6.45) is 3.57. The number of ketones is 1. The van der Waals surface area contributed by atoms with Crippen LogP contribution in [0, 0.1) is 10.8 Å². The molecule has 6 fully saturated rings. The summed E-state index contributed by atoms with van der Waals surface area (Å²) >= 11 is 0. The Hall–Kier alpha value is -0.570. The van der Waals surface area contributed by atoms with Gasteiger partial charge >= 0.3 is 0 Å². The number of carbonyl (C=O) groups excluding carboxylic acids is 1. The van der Waals surface area contributed by atoms with E-state index in [1.54, 1.807) is 0 Å². The molecule has 6 aliphatic heterocycles. The van der Waals surface area contributed by atoms with Crippen LogP contribution < -0.4 is 0 Å². The first-order valence-electron chi connectivity index (χ1n) is 16.1. The largest absolute Gasteiger partial charge is 0.306 e. The van der Waals surface area contributed by atoms with Crippen molar-refractivity contribution in [3.8, 4) is 0 Å². The predicted octanol–water partition coefficient (Wildman–Crippen LogP) is 4.22. The Morgan fingerprint density at radius 1 is 0.537 bits per heavy atom. The van der Waals surface area contributed by atoms with Crippen LogP contribution in [0.1, 0.15) is 89.0 Å². The van der Waals surface area contributed by atoms with E-state index < -0.39 is 0 Å². The highest BCUT2D eigenvalue weighted by Crippen LogP contribution is 2.43. The minimum Gasteiger partial charge on any atom is -0.306 e. The Labute approximate surface area is 254 Å². The van der Waals surface area contributed by atoms with Crippen molar-refractivity contribution in [3.05, 3.63) is 0 Å². The summed E-state index contributed by atoms with van der Waals surface area (Å²) < 4.78 is 0. The number of Topliss-reactive ketones (excluding diaryl/α,β-unsaturated/α-hetero) is 1. The van der Waals surface area contributed by atoms with Crippen molar-refractivity contribution >= 4 is 5.78 Å². The van der Waals surface area contributed by atoms with Crippen LogP contribution in [0.25, 0.3) is 0 Å². The van der Waals surface area contributed by atoms with Crippen molar-refractivity contribution in [1.29, 1.82) is 0 Å². The van der Waals surface area contributed by atoms with Gasteiger partial charge in [0.1, 0.15) is 5.54 Å². The van der Waals surface area contributed by atoms with Crippen LogP contribution in [0.3, 0.4) is 0 Å². The van der Waals surface area contributed by atoms with Gasteiger partial charge in [0.2, 0.25) is 0 Å². The molecule has 0 radical (unpaired) electrons. The van der Waals surface area contributed by atoms with E-state index in [1.807, 2.05) is 0 Å². The molecule has 6 rings (SSSR count). The van der Waals surface area contributed by atoms with Crippen molar-refractivity contribution in [3.63, 3.8) is 0 Å². The standard InChI is InChI=1S/C11H20N2O.2C11H22N2.CH4/c1-10(2,3)13-7-11(8-13)9(14)5-6-12(11)4;2*1-10(2,3)13-8-11(9-13)5-6-12(4)7-11;/h5-8H2,1-4H3;2*5-9H2,1-4H3;1H4. The molecular formula is C34H68N6O. The molecule has 0 aromatic carbocycles. The molecule has 0 bridgehead atoms. The topological polar surface area (TPSA) is 36.5 Å². The van der Waals surface area contributed by atoms with Crippen molar-refractivity contribution in [1.82, 2.24) is 29.4 Å². The molecule has 6 aliphatic rings.